The molecular formula is C12H18N2O2. The highest BCUT2D eigenvalue weighted by Crippen LogP contribution is 2.18. The summed E-state index contributed by atoms with van der Waals surface area (Å²) >= 11 is 0. The number of aromatic nitrogens is 1. The van der Waals surface area contributed by atoms with Crippen LogP contribution in [0.2, 0.25) is 0 Å². The summed E-state index contributed by atoms with van der Waals surface area (Å²) in [6, 6.07) is 3.76. The van der Waals surface area contributed by atoms with E-state index in [-0.39, 0.29) is 6.04 Å². The van der Waals surface area contributed by atoms with Crippen LogP contribution in [0.4, 0.5) is 0 Å². The number of rotatable bonds is 5. The van der Waals surface area contributed by atoms with Crippen LogP contribution in [0.25, 0.3) is 0 Å². The Morgan fingerprint density at radius 3 is 2.56 bits per heavy atom. The molecule has 0 aliphatic carbocycles. The molecule has 0 radical (unpaired) electrons. The Labute approximate surface area is 95.7 Å². The van der Waals surface area contributed by atoms with Crippen LogP contribution >= 0.6 is 0 Å². The largest absolute Gasteiger partial charge is 0.480 e. The maximum absolute atomic E-state index is 11.1. The van der Waals surface area contributed by atoms with Gasteiger partial charge in [0.1, 0.15) is 5.54 Å². The van der Waals surface area contributed by atoms with Crippen molar-refractivity contribution in [3.63, 3.8) is 0 Å². The molecule has 0 spiro atoms. The normalized spacial score (nSPS) is 16.4. The number of carbonyl (C=O) groups is 1. The second kappa shape index (κ2) is 5.07. The van der Waals surface area contributed by atoms with Gasteiger partial charge < -0.3 is 5.11 Å². The lowest BCUT2D eigenvalue weighted by molar-refractivity contribution is -0.144. The van der Waals surface area contributed by atoms with Gasteiger partial charge in [0.2, 0.25) is 0 Å². The van der Waals surface area contributed by atoms with E-state index in [9.17, 15) is 4.79 Å². The molecular weight excluding hydrogens is 204 g/mol. The highest BCUT2D eigenvalue weighted by molar-refractivity contribution is 5.78. The molecule has 88 valence electrons. The third-order valence-corrected chi connectivity index (χ3v) is 2.92. The fraction of sp³-hybridized carbons (Fsp3) is 0.500. The van der Waals surface area contributed by atoms with Gasteiger partial charge in [-0.15, -0.1) is 0 Å². The Balaban J connectivity index is 2.78. The van der Waals surface area contributed by atoms with E-state index in [0.717, 1.165) is 5.56 Å². The summed E-state index contributed by atoms with van der Waals surface area (Å²) in [5.41, 5.74) is 0.152. The SMILES string of the molecule is CCC(C)(NC(C)c1ccncc1)C(=O)O. The van der Waals surface area contributed by atoms with E-state index in [2.05, 4.69) is 10.3 Å². The van der Waals surface area contributed by atoms with E-state index in [1.807, 2.05) is 26.0 Å². The first-order valence-corrected chi connectivity index (χ1v) is 5.40. The van der Waals surface area contributed by atoms with Crippen LogP contribution in [-0.2, 0) is 4.79 Å². The third-order valence-electron chi connectivity index (χ3n) is 2.92. The minimum Gasteiger partial charge on any atom is -0.480 e. The predicted molar refractivity (Wildman–Crippen MR) is 62.1 cm³/mol. The first kappa shape index (κ1) is 12.6. The van der Waals surface area contributed by atoms with E-state index in [1.165, 1.54) is 0 Å². The Morgan fingerprint density at radius 1 is 1.56 bits per heavy atom. The summed E-state index contributed by atoms with van der Waals surface area (Å²) in [5.74, 6) is -0.823. The molecule has 1 aromatic heterocycles. The molecule has 0 bridgehead atoms. The molecule has 1 rings (SSSR count). The number of hydrogen-bond acceptors (Lipinski definition) is 3. The second-order valence-corrected chi connectivity index (χ2v) is 4.14. The molecule has 1 aromatic rings. The maximum atomic E-state index is 11.1. The lowest BCUT2D eigenvalue weighted by atomic mass is 9.96. The maximum Gasteiger partial charge on any atom is 0.323 e. The van der Waals surface area contributed by atoms with E-state index in [0.29, 0.717) is 6.42 Å². The minimum atomic E-state index is -0.886. The van der Waals surface area contributed by atoms with Crippen LogP contribution in [0.3, 0.4) is 0 Å². The van der Waals surface area contributed by atoms with Crippen molar-refractivity contribution >= 4 is 5.97 Å². The van der Waals surface area contributed by atoms with Crippen molar-refractivity contribution in [3.8, 4) is 0 Å². The van der Waals surface area contributed by atoms with Gasteiger partial charge in [-0.2, -0.15) is 0 Å². The number of aliphatic carboxylic acids is 1. The van der Waals surface area contributed by atoms with Gasteiger partial charge in [-0.1, -0.05) is 6.92 Å². The van der Waals surface area contributed by atoms with Crippen LogP contribution in [0.15, 0.2) is 24.5 Å². The zero-order valence-corrected chi connectivity index (χ0v) is 9.90. The van der Waals surface area contributed by atoms with E-state index in [4.69, 9.17) is 5.11 Å². The third kappa shape index (κ3) is 2.79. The Kier molecular flexibility index (Phi) is 4.01. The number of nitrogens with zero attached hydrogens (tertiary/aromatic N) is 1. The fourth-order valence-electron chi connectivity index (χ4n) is 1.53. The average Bonchev–Trinajstić information content (AvgIpc) is 2.29. The molecule has 1 heterocycles. The molecule has 4 heteroatoms. The molecule has 2 N–H and O–H groups in total. The van der Waals surface area contributed by atoms with Gasteiger partial charge in [-0.05, 0) is 38.0 Å². The molecule has 0 fully saturated rings. The van der Waals surface area contributed by atoms with Crippen molar-refractivity contribution in [2.75, 3.05) is 0 Å². The Morgan fingerprint density at radius 2 is 2.12 bits per heavy atom. The number of hydrogen-bond donors (Lipinski definition) is 2. The average molecular weight is 222 g/mol. The fourth-order valence-corrected chi connectivity index (χ4v) is 1.53. The van der Waals surface area contributed by atoms with Gasteiger partial charge in [-0.25, -0.2) is 0 Å². The summed E-state index contributed by atoms with van der Waals surface area (Å²) in [5, 5.41) is 12.3. The van der Waals surface area contributed by atoms with Gasteiger partial charge in [0.05, 0.1) is 0 Å². The summed E-state index contributed by atoms with van der Waals surface area (Å²) < 4.78 is 0. The molecule has 0 amide bonds. The summed E-state index contributed by atoms with van der Waals surface area (Å²) in [4.78, 5) is 15.1. The molecule has 0 aliphatic rings. The number of carboxylic acid groups (broad SMARTS) is 1. The van der Waals surface area contributed by atoms with E-state index in [1.54, 1.807) is 19.3 Å². The molecule has 0 saturated heterocycles. The van der Waals surface area contributed by atoms with Crippen LogP contribution in [0.5, 0.6) is 0 Å². The van der Waals surface area contributed by atoms with Crippen LogP contribution < -0.4 is 5.32 Å². The zero-order chi connectivity index (χ0) is 12.2. The molecule has 0 saturated carbocycles. The first-order chi connectivity index (χ1) is 7.49. The van der Waals surface area contributed by atoms with E-state index >= 15 is 0 Å². The second-order valence-electron chi connectivity index (χ2n) is 4.14. The van der Waals surface area contributed by atoms with Crippen LogP contribution in [0.1, 0.15) is 38.8 Å². The lowest BCUT2D eigenvalue weighted by Crippen LogP contribution is -2.49. The van der Waals surface area contributed by atoms with E-state index < -0.39 is 11.5 Å². The summed E-state index contributed by atoms with van der Waals surface area (Å²) in [7, 11) is 0. The lowest BCUT2D eigenvalue weighted by Gasteiger charge is -2.29. The highest BCUT2D eigenvalue weighted by Gasteiger charge is 2.32. The van der Waals surface area contributed by atoms with Gasteiger partial charge in [0, 0.05) is 18.4 Å². The first-order valence-electron chi connectivity index (χ1n) is 5.40. The van der Waals surface area contributed by atoms with Crippen LogP contribution in [0, 0.1) is 0 Å². The summed E-state index contributed by atoms with van der Waals surface area (Å²) in [6.45, 7) is 5.51. The van der Waals surface area contributed by atoms with Gasteiger partial charge >= 0.3 is 5.97 Å². The predicted octanol–water partition coefficient (Wildman–Crippen LogP) is 1.99. The van der Waals surface area contributed by atoms with Crippen molar-refractivity contribution in [1.29, 1.82) is 0 Å². The smallest absolute Gasteiger partial charge is 0.323 e. The molecule has 0 aliphatic heterocycles. The number of pyridine rings is 1. The van der Waals surface area contributed by atoms with Gasteiger partial charge in [0.15, 0.2) is 0 Å². The highest BCUT2D eigenvalue weighted by atomic mass is 16.4. The standard InChI is InChI=1S/C12H18N2O2/c1-4-12(3,11(15)16)14-9(2)10-5-7-13-8-6-10/h5-9,14H,4H2,1-3H3,(H,15,16). The van der Waals surface area contributed by atoms with Crippen molar-refractivity contribution < 1.29 is 9.90 Å². The van der Waals surface area contributed by atoms with Gasteiger partial charge in [-0.3, -0.25) is 15.1 Å². The van der Waals surface area contributed by atoms with Gasteiger partial charge in [0.25, 0.3) is 0 Å². The monoisotopic (exact) mass is 222 g/mol. The molecule has 0 aromatic carbocycles. The minimum absolute atomic E-state index is 0.0101. The quantitative estimate of drug-likeness (QED) is 0.799. The topological polar surface area (TPSA) is 62.2 Å². The van der Waals surface area contributed by atoms with Crippen molar-refractivity contribution in [2.24, 2.45) is 0 Å². The van der Waals surface area contributed by atoms with Crippen molar-refractivity contribution in [2.45, 2.75) is 38.8 Å². The molecule has 16 heavy (non-hydrogen) atoms. The summed E-state index contributed by atoms with van der Waals surface area (Å²) in [6.07, 6.45) is 3.95. The number of carboxylic acids is 1. The zero-order valence-electron chi connectivity index (χ0n) is 9.90. The van der Waals surface area contributed by atoms with Crippen molar-refractivity contribution in [3.05, 3.63) is 30.1 Å². The molecule has 2 atom stereocenters. The number of nitrogens with one attached hydrogen (secondary N) is 1. The van der Waals surface area contributed by atoms with Crippen molar-refractivity contribution in [1.82, 2.24) is 10.3 Å². The molecule has 2 unspecified atom stereocenters. The Hall–Kier alpha value is -1.42. The Bertz CT molecular complexity index is 353. The molecule has 4 nitrogen and oxygen atoms in total. The van der Waals surface area contributed by atoms with Crippen LogP contribution in [-0.4, -0.2) is 21.6 Å².